The van der Waals surface area contributed by atoms with Gasteiger partial charge >= 0.3 is 18.3 Å². The molecule has 0 heterocycles. The number of nitrogens with zero attached hydrogens (tertiary/aromatic N) is 1. The molecule has 0 spiro atoms. The summed E-state index contributed by atoms with van der Waals surface area (Å²) >= 11 is 0. The molecule has 0 aliphatic rings. The maximum absolute atomic E-state index is 12.5. The lowest BCUT2D eigenvalue weighted by atomic mass is 9.96. The number of carboxylic acid groups (broad SMARTS) is 1. The molecule has 3 nitrogen and oxygen atoms in total. The Hall–Kier alpha value is -2.24. The van der Waals surface area contributed by atoms with Crippen LogP contribution in [0.5, 0.6) is 0 Å². The van der Waals surface area contributed by atoms with Crippen molar-refractivity contribution < 1.29 is 36.2 Å². The summed E-state index contributed by atoms with van der Waals surface area (Å²) in [6.45, 7) is 0. The van der Waals surface area contributed by atoms with E-state index in [4.69, 9.17) is 10.4 Å². The first-order chi connectivity index (χ1) is 8.50. The molecule has 1 N–H and O–H groups in total. The van der Waals surface area contributed by atoms with Crippen molar-refractivity contribution in [2.24, 2.45) is 0 Å². The third-order valence-corrected chi connectivity index (χ3v) is 2.14. The highest BCUT2D eigenvalue weighted by Gasteiger charge is 2.42. The predicted molar refractivity (Wildman–Crippen MR) is 48.1 cm³/mol. The number of hydrogen-bond acceptors (Lipinski definition) is 2. The highest BCUT2D eigenvalue weighted by molar-refractivity contribution is 5.93. The van der Waals surface area contributed by atoms with Crippen molar-refractivity contribution in [1.29, 1.82) is 5.26 Å². The highest BCUT2D eigenvalue weighted by Crippen LogP contribution is 2.39. The molecule has 0 unspecified atom stereocenters. The molecule has 0 fully saturated rings. The zero-order chi connectivity index (χ0) is 15.0. The molecule has 9 heteroatoms. The first-order valence-corrected chi connectivity index (χ1v) is 4.45. The summed E-state index contributed by atoms with van der Waals surface area (Å²) in [7, 11) is 0. The summed E-state index contributed by atoms with van der Waals surface area (Å²) in [5.41, 5.74) is -6.79. The largest absolute Gasteiger partial charge is 0.478 e. The molecule has 0 saturated heterocycles. The normalized spacial score (nSPS) is 12.1. The van der Waals surface area contributed by atoms with Crippen LogP contribution in [0, 0.1) is 11.3 Å². The minimum absolute atomic E-state index is 0.00683. The van der Waals surface area contributed by atoms with Gasteiger partial charge in [0.25, 0.3) is 0 Å². The van der Waals surface area contributed by atoms with Gasteiger partial charge in [-0.05, 0) is 12.1 Å². The average molecular weight is 283 g/mol. The Labute approximate surface area is 101 Å². The summed E-state index contributed by atoms with van der Waals surface area (Å²) < 4.78 is 74.9. The maximum atomic E-state index is 12.5. The molecule has 102 valence electrons. The second kappa shape index (κ2) is 4.46. The van der Waals surface area contributed by atoms with Gasteiger partial charge in [0.1, 0.15) is 6.07 Å². The Morgan fingerprint density at radius 2 is 1.47 bits per heavy atom. The van der Waals surface area contributed by atoms with Crippen LogP contribution in [0.2, 0.25) is 0 Å². The van der Waals surface area contributed by atoms with Gasteiger partial charge in [0, 0.05) is 0 Å². The molecule has 0 bridgehead atoms. The molecule has 19 heavy (non-hydrogen) atoms. The minimum atomic E-state index is -5.18. The van der Waals surface area contributed by atoms with Crippen LogP contribution in [0.15, 0.2) is 12.1 Å². The van der Waals surface area contributed by atoms with Crippen molar-refractivity contribution in [3.63, 3.8) is 0 Å². The van der Waals surface area contributed by atoms with Gasteiger partial charge < -0.3 is 5.11 Å². The minimum Gasteiger partial charge on any atom is -0.478 e. The van der Waals surface area contributed by atoms with Crippen LogP contribution in [-0.2, 0) is 12.4 Å². The van der Waals surface area contributed by atoms with Crippen molar-refractivity contribution in [2.75, 3.05) is 0 Å². The second-order valence-electron chi connectivity index (χ2n) is 3.32. The Balaban J connectivity index is 3.79. The van der Waals surface area contributed by atoms with E-state index in [0.29, 0.717) is 0 Å². The number of nitriles is 1. The van der Waals surface area contributed by atoms with Gasteiger partial charge in [-0.3, -0.25) is 0 Å². The lowest BCUT2D eigenvalue weighted by molar-refractivity contribution is -0.141. The smallest absolute Gasteiger partial charge is 0.417 e. The predicted octanol–water partition coefficient (Wildman–Crippen LogP) is 3.29. The van der Waals surface area contributed by atoms with E-state index in [1.54, 1.807) is 0 Å². The van der Waals surface area contributed by atoms with Crippen LogP contribution in [0.3, 0.4) is 0 Å². The average Bonchev–Trinajstić information content (AvgIpc) is 2.24. The SMILES string of the molecule is N#Cc1c(C(F)(F)F)ccc(C(F)(F)F)c1C(=O)O. The van der Waals surface area contributed by atoms with E-state index in [1.165, 1.54) is 0 Å². The molecule has 0 radical (unpaired) electrons. The fourth-order valence-electron chi connectivity index (χ4n) is 1.41. The number of rotatable bonds is 1. The van der Waals surface area contributed by atoms with Crippen LogP contribution >= 0.6 is 0 Å². The van der Waals surface area contributed by atoms with E-state index in [-0.39, 0.29) is 12.1 Å². The molecule has 1 aromatic carbocycles. The number of benzene rings is 1. The first kappa shape index (κ1) is 14.8. The number of carboxylic acids is 1. The highest BCUT2D eigenvalue weighted by atomic mass is 19.4. The molecule has 0 aliphatic carbocycles. The number of carbonyl (C=O) groups is 1. The van der Waals surface area contributed by atoms with Gasteiger partial charge in [-0.25, -0.2) is 4.79 Å². The van der Waals surface area contributed by atoms with Gasteiger partial charge in [0.05, 0.1) is 22.3 Å². The Morgan fingerprint density at radius 3 is 1.79 bits per heavy atom. The molecule has 0 aromatic heterocycles. The van der Waals surface area contributed by atoms with Crippen LogP contribution in [-0.4, -0.2) is 11.1 Å². The summed E-state index contributed by atoms with van der Waals surface area (Å²) in [4.78, 5) is 10.7. The second-order valence-corrected chi connectivity index (χ2v) is 3.32. The summed E-state index contributed by atoms with van der Waals surface area (Å²) in [5, 5.41) is 17.1. The van der Waals surface area contributed by atoms with Crippen LogP contribution in [0.1, 0.15) is 27.0 Å². The molecule has 0 amide bonds. The quantitative estimate of drug-likeness (QED) is 0.804. The Kier molecular flexibility index (Phi) is 3.48. The van der Waals surface area contributed by atoms with Gasteiger partial charge in [-0.15, -0.1) is 0 Å². The topological polar surface area (TPSA) is 61.1 Å². The van der Waals surface area contributed by atoms with Crippen LogP contribution in [0.25, 0.3) is 0 Å². The number of halogens is 6. The van der Waals surface area contributed by atoms with Gasteiger partial charge in [0.2, 0.25) is 0 Å². The van der Waals surface area contributed by atoms with E-state index in [1.807, 2.05) is 0 Å². The van der Waals surface area contributed by atoms with Gasteiger partial charge in [-0.2, -0.15) is 31.6 Å². The monoisotopic (exact) mass is 283 g/mol. The number of alkyl halides is 6. The van der Waals surface area contributed by atoms with Gasteiger partial charge in [0.15, 0.2) is 0 Å². The van der Waals surface area contributed by atoms with Crippen molar-refractivity contribution in [2.45, 2.75) is 12.4 Å². The van der Waals surface area contributed by atoms with E-state index >= 15 is 0 Å². The van der Waals surface area contributed by atoms with E-state index in [0.717, 1.165) is 6.07 Å². The fraction of sp³-hybridized carbons (Fsp3) is 0.200. The standard InChI is InChI=1S/C10H3F6NO2/c11-9(12,13)5-1-2-6(10(14,15)16)7(8(18)19)4(5)3-17/h1-2H,(H,18,19). The van der Waals surface area contributed by atoms with Crippen LogP contribution < -0.4 is 0 Å². The lowest BCUT2D eigenvalue weighted by Gasteiger charge is -2.15. The summed E-state index contributed by atoms with van der Waals surface area (Å²) in [5.74, 6) is -2.25. The van der Waals surface area contributed by atoms with E-state index in [2.05, 4.69) is 0 Å². The number of hydrogen-bond donors (Lipinski definition) is 1. The molecule has 1 aromatic rings. The van der Waals surface area contributed by atoms with Crippen molar-refractivity contribution in [3.8, 4) is 6.07 Å². The zero-order valence-corrected chi connectivity index (χ0v) is 8.73. The Bertz CT molecular complexity index is 567. The molecular weight excluding hydrogens is 280 g/mol. The van der Waals surface area contributed by atoms with E-state index < -0.39 is 40.6 Å². The maximum Gasteiger partial charge on any atom is 0.417 e. The van der Waals surface area contributed by atoms with E-state index in [9.17, 15) is 31.1 Å². The zero-order valence-electron chi connectivity index (χ0n) is 8.73. The van der Waals surface area contributed by atoms with Crippen molar-refractivity contribution in [3.05, 3.63) is 34.4 Å². The Morgan fingerprint density at radius 1 is 1.05 bits per heavy atom. The molecule has 1 rings (SSSR count). The molecular formula is C10H3F6NO2. The summed E-state index contributed by atoms with van der Waals surface area (Å²) in [6.07, 6.45) is -10.3. The fourth-order valence-corrected chi connectivity index (χ4v) is 1.41. The molecule has 0 atom stereocenters. The molecule has 0 saturated carbocycles. The van der Waals surface area contributed by atoms with Crippen molar-refractivity contribution in [1.82, 2.24) is 0 Å². The third-order valence-electron chi connectivity index (χ3n) is 2.14. The molecule has 0 aliphatic heterocycles. The lowest BCUT2D eigenvalue weighted by Crippen LogP contribution is -2.18. The third kappa shape index (κ3) is 2.78. The van der Waals surface area contributed by atoms with Crippen molar-refractivity contribution >= 4 is 5.97 Å². The first-order valence-electron chi connectivity index (χ1n) is 4.45. The van der Waals surface area contributed by atoms with Crippen LogP contribution in [0.4, 0.5) is 26.3 Å². The van der Waals surface area contributed by atoms with Gasteiger partial charge in [-0.1, -0.05) is 0 Å². The summed E-state index contributed by atoms with van der Waals surface area (Å²) in [6, 6.07) is 0.892. The number of aromatic carboxylic acids is 1.